The summed E-state index contributed by atoms with van der Waals surface area (Å²) in [5.41, 5.74) is 4.31. The summed E-state index contributed by atoms with van der Waals surface area (Å²) in [6.07, 6.45) is -0.571. The van der Waals surface area contributed by atoms with Crippen molar-refractivity contribution in [1.29, 1.82) is 0 Å². The predicted octanol–water partition coefficient (Wildman–Crippen LogP) is 5.45. The Bertz CT molecular complexity index is 1310. The van der Waals surface area contributed by atoms with E-state index in [1.807, 2.05) is 48.5 Å². The number of nitro groups is 1. The number of rotatable bonds is 11. The van der Waals surface area contributed by atoms with Crippen LogP contribution in [0.2, 0.25) is 0 Å². The van der Waals surface area contributed by atoms with Crippen LogP contribution in [0.3, 0.4) is 0 Å². The van der Waals surface area contributed by atoms with Gasteiger partial charge in [0.25, 0.3) is 5.69 Å². The van der Waals surface area contributed by atoms with Crippen molar-refractivity contribution in [1.82, 2.24) is 5.32 Å². The van der Waals surface area contributed by atoms with Crippen LogP contribution >= 0.6 is 0 Å². The highest BCUT2D eigenvalue weighted by molar-refractivity contribution is 5.79. The average Bonchev–Trinajstić information content (AvgIpc) is 3.23. The van der Waals surface area contributed by atoms with Crippen molar-refractivity contribution in [2.75, 3.05) is 20.3 Å². The molecular weight excluding hydrogens is 492 g/mol. The highest BCUT2D eigenvalue weighted by atomic mass is 16.6. The highest BCUT2D eigenvalue weighted by Crippen LogP contribution is 2.44. The Morgan fingerprint density at radius 1 is 1.05 bits per heavy atom. The number of nitrogens with one attached hydrogen (secondary N) is 1. The van der Waals surface area contributed by atoms with Gasteiger partial charge in [-0.1, -0.05) is 48.5 Å². The van der Waals surface area contributed by atoms with Gasteiger partial charge in [0.15, 0.2) is 11.5 Å². The van der Waals surface area contributed by atoms with Crippen LogP contribution in [0.4, 0.5) is 10.5 Å². The summed E-state index contributed by atoms with van der Waals surface area (Å²) in [6, 6.07) is 17.8. The molecule has 0 aromatic heterocycles. The maximum Gasteiger partial charge on any atom is 0.407 e. The van der Waals surface area contributed by atoms with Crippen molar-refractivity contribution in [2.45, 2.75) is 31.7 Å². The molecule has 3 aromatic carbocycles. The summed E-state index contributed by atoms with van der Waals surface area (Å²) < 4.78 is 16.4. The normalized spacial score (nSPS) is 12.7. The number of hydrogen-bond acceptors (Lipinski definition) is 7. The Balaban J connectivity index is 1.45. The fourth-order valence-electron chi connectivity index (χ4n) is 4.64. The molecule has 0 radical (unpaired) electrons. The second-order valence-corrected chi connectivity index (χ2v) is 8.86. The number of carboxylic acid groups (broad SMARTS) is 1. The van der Waals surface area contributed by atoms with Gasteiger partial charge in [-0.25, -0.2) is 4.79 Å². The largest absolute Gasteiger partial charge is 0.493 e. The molecule has 0 heterocycles. The van der Waals surface area contributed by atoms with Crippen LogP contribution in [0.1, 0.15) is 48.4 Å². The second-order valence-electron chi connectivity index (χ2n) is 8.86. The van der Waals surface area contributed by atoms with Crippen molar-refractivity contribution in [3.8, 4) is 22.6 Å². The van der Waals surface area contributed by atoms with Crippen LogP contribution in [0.15, 0.2) is 60.7 Å². The van der Waals surface area contributed by atoms with E-state index in [9.17, 15) is 19.7 Å². The third-order valence-electron chi connectivity index (χ3n) is 6.45. The molecule has 1 aliphatic carbocycles. The van der Waals surface area contributed by atoms with Crippen LogP contribution in [0.25, 0.3) is 11.1 Å². The number of amides is 1. The van der Waals surface area contributed by atoms with Crippen molar-refractivity contribution in [3.63, 3.8) is 0 Å². The topological polar surface area (TPSA) is 137 Å². The van der Waals surface area contributed by atoms with Gasteiger partial charge in [0.2, 0.25) is 0 Å². The first-order chi connectivity index (χ1) is 18.3. The van der Waals surface area contributed by atoms with Gasteiger partial charge in [-0.2, -0.15) is 0 Å². The smallest absolute Gasteiger partial charge is 0.407 e. The minimum Gasteiger partial charge on any atom is -0.493 e. The molecule has 4 rings (SSSR count). The number of alkyl carbamates (subject to hydrolysis) is 1. The molecule has 1 amide bonds. The van der Waals surface area contributed by atoms with E-state index in [1.165, 1.54) is 19.2 Å². The van der Waals surface area contributed by atoms with E-state index in [2.05, 4.69) is 5.32 Å². The molecular formula is C28H28N2O8. The van der Waals surface area contributed by atoms with Gasteiger partial charge >= 0.3 is 12.1 Å². The molecule has 38 heavy (non-hydrogen) atoms. The Kier molecular flexibility index (Phi) is 8.10. The number of carbonyl (C=O) groups excluding carboxylic acids is 1. The lowest BCUT2D eigenvalue weighted by Gasteiger charge is -2.19. The van der Waals surface area contributed by atoms with Crippen molar-refractivity contribution in [2.24, 2.45) is 0 Å². The van der Waals surface area contributed by atoms with E-state index in [0.717, 1.165) is 22.3 Å². The van der Waals surface area contributed by atoms with Gasteiger partial charge in [0.05, 0.1) is 36.3 Å². The lowest BCUT2D eigenvalue weighted by Crippen LogP contribution is -2.29. The number of hydrogen-bond donors (Lipinski definition) is 2. The number of benzene rings is 3. The zero-order valence-corrected chi connectivity index (χ0v) is 21.0. The van der Waals surface area contributed by atoms with Crippen molar-refractivity contribution >= 4 is 17.7 Å². The number of methoxy groups -OCH3 is 1. The van der Waals surface area contributed by atoms with Crippen LogP contribution in [-0.2, 0) is 9.53 Å². The van der Waals surface area contributed by atoms with Gasteiger partial charge in [-0.15, -0.1) is 0 Å². The quantitative estimate of drug-likeness (QED) is 0.194. The first kappa shape index (κ1) is 26.5. The van der Waals surface area contributed by atoms with E-state index >= 15 is 0 Å². The van der Waals surface area contributed by atoms with Crippen LogP contribution in [0.5, 0.6) is 11.5 Å². The summed E-state index contributed by atoms with van der Waals surface area (Å²) in [7, 11) is 1.39. The lowest BCUT2D eigenvalue weighted by atomic mass is 9.98. The summed E-state index contributed by atoms with van der Waals surface area (Å²) in [4.78, 5) is 34.7. The molecule has 10 heteroatoms. The minimum atomic E-state index is -0.963. The molecule has 0 fully saturated rings. The average molecular weight is 521 g/mol. The SMILES string of the molecule is COc1cc([C@@H](C)NC(=O)OCC2c3ccccc3-c3ccccc32)c([N+](=O)[O-])cc1OCCCC(=O)O. The number of fused-ring (bicyclic) bond motifs is 3. The van der Waals surface area contributed by atoms with Crippen LogP contribution in [0, 0.1) is 10.1 Å². The van der Waals surface area contributed by atoms with Crippen LogP contribution in [-0.4, -0.2) is 42.4 Å². The zero-order valence-electron chi connectivity index (χ0n) is 21.0. The third-order valence-corrected chi connectivity index (χ3v) is 6.45. The first-order valence-corrected chi connectivity index (χ1v) is 12.1. The molecule has 0 bridgehead atoms. The standard InChI is InChI=1S/C28H28N2O8/c1-17(22-14-25(36-2)26(15-24(22)30(34)35)37-13-7-12-27(31)32)29-28(33)38-16-23-20-10-5-3-8-18(20)19-9-4-6-11-21(19)23/h3-6,8-11,14-15,17,23H,7,12-13,16H2,1-2H3,(H,29,33)(H,31,32)/t17-/m1/s1. The zero-order chi connectivity index (χ0) is 27.2. The van der Waals surface area contributed by atoms with Crippen LogP contribution < -0.4 is 14.8 Å². The molecule has 0 saturated heterocycles. The number of nitrogens with zero attached hydrogens (tertiary/aromatic N) is 1. The lowest BCUT2D eigenvalue weighted by molar-refractivity contribution is -0.385. The number of carboxylic acids is 1. The maximum atomic E-state index is 12.7. The molecule has 3 aromatic rings. The van der Waals surface area contributed by atoms with E-state index < -0.39 is 23.0 Å². The minimum absolute atomic E-state index is 0.0483. The van der Waals surface area contributed by atoms with Gasteiger partial charge in [0.1, 0.15) is 6.61 Å². The first-order valence-electron chi connectivity index (χ1n) is 12.1. The van der Waals surface area contributed by atoms with Gasteiger partial charge in [-0.05, 0) is 41.7 Å². The molecule has 10 nitrogen and oxygen atoms in total. The Hall–Kier alpha value is -4.60. The summed E-state index contributed by atoms with van der Waals surface area (Å²) in [5.74, 6) is -0.741. The fraction of sp³-hybridized carbons (Fsp3) is 0.286. The van der Waals surface area contributed by atoms with Gasteiger partial charge < -0.3 is 24.6 Å². The fourth-order valence-corrected chi connectivity index (χ4v) is 4.64. The van der Waals surface area contributed by atoms with Gasteiger partial charge in [0, 0.05) is 12.3 Å². The third kappa shape index (κ3) is 5.69. The molecule has 0 aliphatic heterocycles. The predicted molar refractivity (Wildman–Crippen MR) is 139 cm³/mol. The molecule has 0 unspecified atom stereocenters. The molecule has 2 N–H and O–H groups in total. The van der Waals surface area contributed by atoms with Crippen molar-refractivity contribution < 1.29 is 33.8 Å². The number of nitro benzene ring substituents is 1. The molecule has 1 atom stereocenters. The Morgan fingerprint density at radius 3 is 2.26 bits per heavy atom. The maximum absolute atomic E-state index is 12.7. The number of carbonyl (C=O) groups is 2. The van der Waals surface area contributed by atoms with E-state index in [-0.39, 0.29) is 54.7 Å². The highest BCUT2D eigenvalue weighted by Gasteiger charge is 2.30. The van der Waals surface area contributed by atoms with E-state index in [4.69, 9.17) is 19.3 Å². The van der Waals surface area contributed by atoms with Gasteiger partial charge in [-0.3, -0.25) is 14.9 Å². The Labute approximate surface area is 219 Å². The summed E-state index contributed by atoms with van der Waals surface area (Å²) in [6.45, 7) is 1.77. The molecule has 198 valence electrons. The van der Waals surface area contributed by atoms with Crippen molar-refractivity contribution in [3.05, 3.63) is 87.5 Å². The monoisotopic (exact) mass is 520 g/mol. The summed E-state index contributed by atoms with van der Waals surface area (Å²) >= 11 is 0. The number of aliphatic carboxylic acids is 1. The summed E-state index contributed by atoms with van der Waals surface area (Å²) in [5, 5.41) is 23.2. The molecule has 0 spiro atoms. The Morgan fingerprint density at radius 2 is 1.68 bits per heavy atom. The van der Waals surface area contributed by atoms with E-state index in [1.54, 1.807) is 6.92 Å². The molecule has 0 saturated carbocycles. The second kappa shape index (κ2) is 11.6. The molecule has 1 aliphatic rings. The number of ether oxygens (including phenoxy) is 3. The van der Waals surface area contributed by atoms with E-state index in [0.29, 0.717) is 0 Å².